The Morgan fingerprint density at radius 1 is 1.10 bits per heavy atom. The molecule has 1 aromatic heterocycles. The summed E-state index contributed by atoms with van der Waals surface area (Å²) in [5, 5.41) is 2.93. The molecule has 9 nitrogen and oxygen atoms in total. The number of amides is 1. The van der Waals surface area contributed by atoms with Gasteiger partial charge in [0, 0.05) is 77.4 Å². The number of imidazole rings is 1. The summed E-state index contributed by atoms with van der Waals surface area (Å²) >= 11 is 0. The number of anilines is 1. The van der Waals surface area contributed by atoms with Crippen LogP contribution in [0.4, 0.5) is 10.1 Å². The summed E-state index contributed by atoms with van der Waals surface area (Å²) in [6.45, 7) is 2.52. The molecule has 0 spiro atoms. The highest BCUT2D eigenvalue weighted by atomic mass is 32.2. The molecule has 1 saturated heterocycles. The topological polar surface area (TPSA) is 90.8 Å². The number of carbonyl (C=O) groups is 1. The summed E-state index contributed by atoms with van der Waals surface area (Å²) in [5.41, 5.74) is 3.85. The predicted molar refractivity (Wildman–Crippen MR) is 151 cm³/mol. The quantitative estimate of drug-likeness (QED) is 0.389. The van der Waals surface area contributed by atoms with E-state index in [2.05, 4.69) is 39.5 Å². The SMILES string of the molecule is CN(C)c1ccc(Cn2cncc2CCNC(=O)C2CN(CCc3ccccc3F)CCN2S(C)(=O)=O)cc1. The minimum Gasteiger partial charge on any atom is -0.378 e. The molecule has 11 heteroatoms. The normalized spacial score (nSPS) is 16.8. The molecule has 2 aromatic carbocycles. The molecule has 0 saturated carbocycles. The highest BCUT2D eigenvalue weighted by Crippen LogP contribution is 2.17. The fourth-order valence-corrected chi connectivity index (χ4v) is 5.88. The van der Waals surface area contributed by atoms with E-state index in [-0.39, 0.29) is 24.8 Å². The van der Waals surface area contributed by atoms with E-state index in [4.69, 9.17) is 0 Å². The number of hydrogen-bond donors (Lipinski definition) is 1. The van der Waals surface area contributed by atoms with Gasteiger partial charge < -0.3 is 14.8 Å². The van der Waals surface area contributed by atoms with Crippen LogP contribution in [-0.2, 0) is 34.2 Å². The third-order valence-electron chi connectivity index (χ3n) is 7.08. The van der Waals surface area contributed by atoms with Gasteiger partial charge in [0.15, 0.2) is 0 Å². The third kappa shape index (κ3) is 7.65. The summed E-state index contributed by atoms with van der Waals surface area (Å²) in [5.74, 6) is -0.590. The van der Waals surface area contributed by atoms with Crippen molar-refractivity contribution in [2.45, 2.75) is 25.4 Å². The molecule has 39 heavy (non-hydrogen) atoms. The van der Waals surface area contributed by atoms with Crippen LogP contribution in [-0.4, -0.2) is 92.2 Å². The van der Waals surface area contributed by atoms with Crippen molar-refractivity contribution in [1.29, 1.82) is 0 Å². The fourth-order valence-electron chi connectivity index (χ4n) is 4.84. The minimum absolute atomic E-state index is 0.216. The van der Waals surface area contributed by atoms with Gasteiger partial charge in [-0.25, -0.2) is 17.8 Å². The lowest BCUT2D eigenvalue weighted by Crippen LogP contribution is -2.60. The van der Waals surface area contributed by atoms with Crippen molar-refractivity contribution < 1.29 is 17.6 Å². The zero-order chi connectivity index (χ0) is 28.0. The van der Waals surface area contributed by atoms with Crippen molar-refractivity contribution in [1.82, 2.24) is 24.1 Å². The zero-order valence-corrected chi connectivity index (χ0v) is 23.6. The molecular formula is C28H37FN6O3S. The van der Waals surface area contributed by atoms with E-state index < -0.39 is 16.1 Å². The average molecular weight is 557 g/mol. The van der Waals surface area contributed by atoms with Crippen LogP contribution in [0.1, 0.15) is 16.8 Å². The number of rotatable bonds is 11. The Labute approximate surface area is 230 Å². The maximum Gasteiger partial charge on any atom is 0.239 e. The van der Waals surface area contributed by atoms with Crippen LogP contribution in [0.2, 0.25) is 0 Å². The Hall–Kier alpha value is -3.28. The second kappa shape index (κ2) is 12.7. The van der Waals surface area contributed by atoms with Gasteiger partial charge >= 0.3 is 0 Å². The van der Waals surface area contributed by atoms with Crippen molar-refractivity contribution in [3.63, 3.8) is 0 Å². The lowest BCUT2D eigenvalue weighted by atomic mass is 10.1. The maximum atomic E-state index is 14.0. The first-order valence-electron chi connectivity index (χ1n) is 13.1. The number of nitrogens with zero attached hydrogens (tertiary/aromatic N) is 5. The lowest BCUT2D eigenvalue weighted by Gasteiger charge is -2.39. The molecule has 3 aromatic rings. The van der Waals surface area contributed by atoms with Crippen LogP contribution in [0.5, 0.6) is 0 Å². The summed E-state index contributed by atoms with van der Waals surface area (Å²) in [4.78, 5) is 21.5. The molecule has 1 amide bonds. The number of sulfonamides is 1. The van der Waals surface area contributed by atoms with E-state index in [0.29, 0.717) is 44.6 Å². The average Bonchev–Trinajstić information content (AvgIpc) is 3.34. The smallest absolute Gasteiger partial charge is 0.239 e. The second-order valence-electron chi connectivity index (χ2n) is 10.1. The molecule has 210 valence electrons. The van der Waals surface area contributed by atoms with Crippen molar-refractivity contribution >= 4 is 21.6 Å². The van der Waals surface area contributed by atoms with Crippen molar-refractivity contribution in [3.8, 4) is 0 Å². The first kappa shape index (κ1) is 28.7. The standard InChI is InChI=1S/C28H37FN6O3S/c1-32(2)24-10-8-22(9-11-24)19-34-21-30-18-25(34)12-14-31-28(36)27-20-33(16-17-35(27)39(3,37)38)15-13-23-6-4-5-7-26(23)29/h4-11,18,21,27H,12-17,19-20H2,1-3H3,(H,31,36). The van der Waals surface area contributed by atoms with Gasteiger partial charge in [-0.2, -0.15) is 4.31 Å². The largest absolute Gasteiger partial charge is 0.378 e. The molecule has 1 atom stereocenters. The molecule has 1 fully saturated rings. The first-order valence-corrected chi connectivity index (χ1v) is 14.9. The van der Waals surface area contributed by atoms with E-state index in [9.17, 15) is 17.6 Å². The molecule has 0 aliphatic carbocycles. The second-order valence-corrected chi connectivity index (χ2v) is 12.1. The molecule has 1 unspecified atom stereocenters. The first-order chi connectivity index (χ1) is 18.6. The van der Waals surface area contributed by atoms with Gasteiger partial charge in [0.05, 0.1) is 12.6 Å². The Balaban J connectivity index is 1.34. The Morgan fingerprint density at radius 3 is 2.54 bits per heavy atom. The van der Waals surface area contributed by atoms with Crippen LogP contribution in [0, 0.1) is 5.82 Å². The zero-order valence-electron chi connectivity index (χ0n) is 22.8. The molecule has 2 heterocycles. The highest BCUT2D eigenvalue weighted by Gasteiger charge is 2.37. The number of benzene rings is 2. The number of carbonyl (C=O) groups excluding carboxylic acids is 1. The maximum absolute atomic E-state index is 14.0. The summed E-state index contributed by atoms with van der Waals surface area (Å²) in [6.07, 6.45) is 5.74. The number of halogens is 1. The monoisotopic (exact) mass is 556 g/mol. The molecule has 0 radical (unpaired) electrons. The number of nitrogens with one attached hydrogen (secondary N) is 1. The van der Waals surface area contributed by atoms with E-state index >= 15 is 0 Å². The van der Waals surface area contributed by atoms with Crippen LogP contribution in [0.15, 0.2) is 61.1 Å². The molecule has 0 bridgehead atoms. The van der Waals surface area contributed by atoms with E-state index in [1.807, 2.05) is 23.6 Å². The van der Waals surface area contributed by atoms with Gasteiger partial charge in [-0.1, -0.05) is 30.3 Å². The van der Waals surface area contributed by atoms with Crippen molar-refractivity contribution in [3.05, 3.63) is 83.7 Å². The summed E-state index contributed by atoms with van der Waals surface area (Å²) < 4.78 is 42.2. The number of piperazine rings is 1. The number of hydrogen-bond acceptors (Lipinski definition) is 6. The van der Waals surface area contributed by atoms with E-state index in [1.165, 1.54) is 10.4 Å². The van der Waals surface area contributed by atoms with Gasteiger partial charge in [0.1, 0.15) is 11.9 Å². The molecular weight excluding hydrogens is 519 g/mol. The fraction of sp³-hybridized carbons (Fsp3) is 0.429. The minimum atomic E-state index is -3.57. The molecule has 1 N–H and O–H groups in total. The summed E-state index contributed by atoms with van der Waals surface area (Å²) in [6, 6.07) is 14.1. The van der Waals surface area contributed by atoms with Gasteiger partial charge in [0.2, 0.25) is 15.9 Å². The Morgan fingerprint density at radius 2 is 1.85 bits per heavy atom. The van der Waals surface area contributed by atoms with E-state index in [1.54, 1.807) is 30.7 Å². The van der Waals surface area contributed by atoms with Gasteiger partial charge in [-0.3, -0.25) is 9.69 Å². The van der Waals surface area contributed by atoms with Crippen LogP contribution in [0.25, 0.3) is 0 Å². The van der Waals surface area contributed by atoms with Gasteiger partial charge in [-0.15, -0.1) is 0 Å². The molecule has 1 aliphatic heterocycles. The van der Waals surface area contributed by atoms with Gasteiger partial charge in [-0.05, 0) is 35.7 Å². The van der Waals surface area contributed by atoms with Crippen molar-refractivity contribution in [2.75, 3.05) is 58.0 Å². The molecule has 4 rings (SSSR count). The Kier molecular flexibility index (Phi) is 9.36. The van der Waals surface area contributed by atoms with Crippen molar-refractivity contribution in [2.24, 2.45) is 0 Å². The van der Waals surface area contributed by atoms with E-state index in [0.717, 1.165) is 23.2 Å². The Bertz CT molecular complexity index is 1360. The number of aromatic nitrogens is 2. The van der Waals surface area contributed by atoms with Crippen LogP contribution < -0.4 is 10.2 Å². The molecule has 1 aliphatic rings. The summed E-state index contributed by atoms with van der Waals surface area (Å²) in [7, 11) is 0.439. The third-order valence-corrected chi connectivity index (χ3v) is 8.37. The van der Waals surface area contributed by atoms with Crippen LogP contribution in [0.3, 0.4) is 0 Å². The lowest BCUT2D eigenvalue weighted by molar-refractivity contribution is -0.126. The van der Waals surface area contributed by atoms with Crippen LogP contribution >= 0.6 is 0 Å². The van der Waals surface area contributed by atoms with Gasteiger partial charge in [0.25, 0.3) is 0 Å². The highest BCUT2D eigenvalue weighted by molar-refractivity contribution is 7.88. The predicted octanol–water partition coefficient (Wildman–Crippen LogP) is 1.98.